The van der Waals surface area contributed by atoms with E-state index in [9.17, 15) is 18.0 Å². The molecule has 3 aliphatic heterocycles. The zero-order valence-electron chi connectivity index (χ0n) is 16.6. The fourth-order valence-corrected chi connectivity index (χ4v) is 5.42. The second kappa shape index (κ2) is 8.30. The molecule has 0 spiro atoms. The zero-order chi connectivity index (χ0) is 20.4. The van der Waals surface area contributed by atoms with Crippen molar-refractivity contribution in [2.75, 3.05) is 38.5 Å². The molecular weight excluding hydrogens is 392 g/mol. The number of amides is 2. The van der Waals surface area contributed by atoms with E-state index in [1.54, 1.807) is 28.2 Å². The van der Waals surface area contributed by atoms with Gasteiger partial charge in [-0.15, -0.1) is 4.40 Å². The number of amidine groups is 1. The summed E-state index contributed by atoms with van der Waals surface area (Å²) in [7, 11) is -3.40. The van der Waals surface area contributed by atoms with Crippen molar-refractivity contribution in [3.05, 3.63) is 23.9 Å². The van der Waals surface area contributed by atoms with Crippen molar-refractivity contribution in [2.24, 2.45) is 10.3 Å². The van der Waals surface area contributed by atoms with Gasteiger partial charge >= 0.3 is 0 Å². The first-order valence-electron chi connectivity index (χ1n) is 10.5. The SMILES string of the molecule is O=C(CCC1CCCC1)N1CCN(C(=O)C2=CN3CCS(=O)(=O)N=C3C=C2)CC1. The summed E-state index contributed by atoms with van der Waals surface area (Å²) in [6, 6.07) is 0. The minimum atomic E-state index is -3.40. The lowest BCUT2D eigenvalue weighted by atomic mass is 10.0. The van der Waals surface area contributed by atoms with Gasteiger partial charge in [-0.3, -0.25) is 9.59 Å². The van der Waals surface area contributed by atoms with Gasteiger partial charge in [-0.1, -0.05) is 25.7 Å². The second-order valence-corrected chi connectivity index (χ2v) is 9.96. The lowest BCUT2D eigenvalue weighted by Gasteiger charge is -2.36. The predicted octanol–water partition coefficient (Wildman–Crippen LogP) is 1.13. The summed E-state index contributed by atoms with van der Waals surface area (Å²) in [5.41, 5.74) is 0.518. The first-order valence-corrected chi connectivity index (χ1v) is 12.1. The van der Waals surface area contributed by atoms with Gasteiger partial charge in [-0.05, 0) is 24.5 Å². The highest BCUT2D eigenvalue weighted by Gasteiger charge is 2.29. The monoisotopic (exact) mass is 420 g/mol. The van der Waals surface area contributed by atoms with Crippen molar-refractivity contribution in [3.63, 3.8) is 0 Å². The number of sulfonamides is 1. The first-order chi connectivity index (χ1) is 13.9. The minimum Gasteiger partial charge on any atom is -0.339 e. The lowest BCUT2D eigenvalue weighted by Crippen LogP contribution is -2.51. The molecule has 4 aliphatic rings. The third kappa shape index (κ3) is 4.71. The van der Waals surface area contributed by atoms with E-state index in [0.29, 0.717) is 56.5 Å². The van der Waals surface area contributed by atoms with E-state index in [-0.39, 0.29) is 17.6 Å². The number of carbonyl (C=O) groups excluding carboxylic acids is 2. The molecule has 1 saturated carbocycles. The second-order valence-electron chi connectivity index (χ2n) is 8.21. The molecule has 9 heteroatoms. The molecule has 1 aliphatic carbocycles. The zero-order valence-corrected chi connectivity index (χ0v) is 17.4. The summed E-state index contributed by atoms with van der Waals surface area (Å²) in [5.74, 6) is 1.13. The number of piperazine rings is 1. The predicted molar refractivity (Wildman–Crippen MR) is 110 cm³/mol. The normalized spacial score (nSPS) is 24.2. The topological polar surface area (TPSA) is 90.4 Å². The largest absolute Gasteiger partial charge is 0.339 e. The fraction of sp³-hybridized carbons (Fsp3) is 0.650. The van der Waals surface area contributed by atoms with Crippen LogP contribution in [0.2, 0.25) is 0 Å². The van der Waals surface area contributed by atoms with E-state index in [0.717, 1.165) is 6.42 Å². The maximum atomic E-state index is 12.8. The number of hydrogen-bond acceptors (Lipinski definition) is 5. The molecule has 0 aromatic rings. The molecule has 0 aromatic carbocycles. The molecule has 2 fully saturated rings. The summed E-state index contributed by atoms with van der Waals surface area (Å²) in [6.07, 6.45) is 11.6. The first kappa shape index (κ1) is 20.1. The van der Waals surface area contributed by atoms with Gasteiger partial charge in [0.15, 0.2) is 0 Å². The van der Waals surface area contributed by atoms with Gasteiger partial charge in [-0.2, -0.15) is 0 Å². The van der Waals surface area contributed by atoms with E-state index in [2.05, 4.69) is 4.40 Å². The summed E-state index contributed by atoms with van der Waals surface area (Å²) in [5, 5.41) is 0. The van der Waals surface area contributed by atoms with E-state index >= 15 is 0 Å². The maximum absolute atomic E-state index is 12.8. The Labute approximate surface area is 172 Å². The average molecular weight is 421 g/mol. The van der Waals surface area contributed by atoms with Crippen molar-refractivity contribution in [2.45, 2.75) is 38.5 Å². The quantitative estimate of drug-likeness (QED) is 0.680. The van der Waals surface area contributed by atoms with E-state index < -0.39 is 10.0 Å². The Morgan fingerprint density at radius 1 is 1.00 bits per heavy atom. The Morgan fingerprint density at radius 2 is 1.69 bits per heavy atom. The van der Waals surface area contributed by atoms with Crippen LogP contribution in [0.4, 0.5) is 0 Å². The highest BCUT2D eigenvalue weighted by atomic mass is 32.2. The van der Waals surface area contributed by atoms with Crippen LogP contribution in [-0.2, 0) is 19.6 Å². The molecule has 3 heterocycles. The molecule has 2 amide bonds. The van der Waals surface area contributed by atoms with Crippen molar-refractivity contribution >= 4 is 27.7 Å². The fourth-order valence-electron chi connectivity index (χ4n) is 4.45. The number of hydrogen-bond donors (Lipinski definition) is 0. The van der Waals surface area contributed by atoms with Crippen molar-refractivity contribution < 1.29 is 18.0 Å². The van der Waals surface area contributed by atoms with Crippen LogP contribution < -0.4 is 0 Å². The summed E-state index contributed by atoms with van der Waals surface area (Å²) < 4.78 is 26.9. The van der Waals surface area contributed by atoms with Gasteiger partial charge in [0.2, 0.25) is 5.91 Å². The highest BCUT2D eigenvalue weighted by molar-refractivity contribution is 7.90. The minimum absolute atomic E-state index is 0.0516. The Balaban J connectivity index is 1.29. The van der Waals surface area contributed by atoms with E-state index in [4.69, 9.17) is 0 Å². The molecule has 0 aromatic heterocycles. The molecule has 29 heavy (non-hydrogen) atoms. The third-order valence-electron chi connectivity index (χ3n) is 6.23. The van der Waals surface area contributed by atoms with Crippen LogP contribution in [0, 0.1) is 5.92 Å². The Bertz CT molecular complexity index is 863. The van der Waals surface area contributed by atoms with Crippen molar-refractivity contribution in [3.8, 4) is 0 Å². The molecule has 158 valence electrons. The molecule has 0 N–H and O–H groups in total. The Morgan fingerprint density at radius 3 is 2.41 bits per heavy atom. The van der Waals surface area contributed by atoms with Gasteiger partial charge in [0, 0.05) is 45.3 Å². The third-order valence-corrected chi connectivity index (χ3v) is 7.40. The van der Waals surface area contributed by atoms with Gasteiger partial charge in [0.25, 0.3) is 15.9 Å². The van der Waals surface area contributed by atoms with Gasteiger partial charge in [0.05, 0.1) is 11.3 Å². The number of fused-ring (bicyclic) bond motifs is 1. The molecular formula is C20H28N4O4S. The molecule has 8 nitrogen and oxygen atoms in total. The standard InChI is InChI=1S/C20H28N4O4S/c25-19(8-5-16-3-1-2-4-16)22-9-11-23(12-10-22)20(26)17-6-7-18-21-29(27,28)14-13-24(18)15-17/h6-7,15-16H,1-5,8-14H2. The van der Waals surface area contributed by atoms with Gasteiger partial charge in [-0.25, -0.2) is 8.42 Å². The summed E-state index contributed by atoms with van der Waals surface area (Å²) in [4.78, 5) is 30.7. The van der Waals surface area contributed by atoms with Crippen LogP contribution in [0.25, 0.3) is 0 Å². The molecule has 0 unspecified atom stereocenters. The van der Waals surface area contributed by atoms with E-state index in [1.807, 2.05) is 4.90 Å². The van der Waals surface area contributed by atoms with E-state index in [1.165, 1.54) is 25.7 Å². The van der Waals surface area contributed by atoms with Crippen LogP contribution >= 0.6 is 0 Å². The summed E-state index contributed by atoms with van der Waals surface area (Å²) in [6.45, 7) is 2.48. The van der Waals surface area contributed by atoms with Crippen LogP contribution in [0.5, 0.6) is 0 Å². The molecule has 0 radical (unpaired) electrons. The average Bonchev–Trinajstić information content (AvgIpc) is 3.24. The Kier molecular flexibility index (Phi) is 5.76. The highest BCUT2D eigenvalue weighted by Crippen LogP contribution is 2.28. The van der Waals surface area contributed by atoms with Crippen LogP contribution in [0.3, 0.4) is 0 Å². The van der Waals surface area contributed by atoms with Gasteiger partial charge < -0.3 is 14.7 Å². The molecule has 0 atom stereocenters. The van der Waals surface area contributed by atoms with Crippen LogP contribution in [-0.4, -0.2) is 79.2 Å². The smallest absolute Gasteiger partial charge is 0.256 e. The van der Waals surface area contributed by atoms with Crippen LogP contribution in [0.15, 0.2) is 28.3 Å². The molecule has 0 bridgehead atoms. The van der Waals surface area contributed by atoms with Crippen LogP contribution in [0.1, 0.15) is 38.5 Å². The van der Waals surface area contributed by atoms with Gasteiger partial charge in [0.1, 0.15) is 5.84 Å². The lowest BCUT2D eigenvalue weighted by molar-refractivity contribution is -0.137. The van der Waals surface area contributed by atoms with Crippen molar-refractivity contribution in [1.29, 1.82) is 0 Å². The molecule has 1 saturated heterocycles. The number of rotatable bonds is 4. The van der Waals surface area contributed by atoms with Crippen molar-refractivity contribution in [1.82, 2.24) is 14.7 Å². The summed E-state index contributed by atoms with van der Waals surface area (Å²) >= 11 is 0. The Hall–Kier alpha value is -2.16. The molecule has 4 rings (SSSR count). The number of nitrogens with zero attached hydrogens (tertiary/aromatic N) is 4. The maximum Gasteiger partial charge on any atom is 0.256 e. The number of carbonyl (C=O) groups is 2.